The van der Waals surface area contributed by atoms with Gasteiger partial charge in [0.05, 0.1) is 10.6 Å². The predicted molar refractivity (Wildman–Crippen MR) is 90.2 cm³/mol. The van der Waals surface area contributed by atoms with Crippen LogP contribution in [-0.4, -0.2) is 33.6 Å². The summed E-state index contributed by atoms with van der Waals surface area (Å²) in [6.45, 7) is 0.773. The van der Waals surface area contributed by atoms with Crippen molar-refractivity contribution >= 4 is 21.6 Å². The van der Waals surface area contributed by atoms with Crippen molar-refractivity contribution in [3.63, 3.8) is 0 Å². The van der Waals surface area contributed by atoms with Gasteiger partial charge in [-0.25, -0.2) is 8.42 Å². The van der Waals surface area contributed by atoms with E-state index in [4.69, 9.17) is 15.2 Å². The Bertz CT molecular complexity index is 957. The number of fused-ring (bicyclic) bond motifs is 2. The fourth-order valence-corrected chi connectivity index (χ4v) is 4.84. The normalized spacial score (nSPS) is 18.7. The number of rotatable bonds is 3. The third-order valence-electron chi connectivity index (χ3n) is 4.32. The molecule has 2 aromatic rings. The summed E-state index contributed by atoms with van der Waals surface area (Å²) in [5.74, 6) is 0.186. The summed E-state index contributed by atoms with van der Waals surface area (Å²) >= 11 is 0. The summed E-state index contributed by atoms with van der Waals surface area (Å²) in [5, 5.41) is 0. The van der Waals surface area contributed by atoms with Crippen LogP contribution in [-0.2, 0) is 21.2 Å². The maximum absolute atomic E-state index is 13.2. The summed E-state index contributed by atoms with van der Waals surface area (Å²) in [7, 11) is -3.98. The van der Waals surface area contributed by atoms with E-state index >= 15 is 0 Å². The summed E-state index contributed by atoms with van der Waals surface area (Å²) in [5.41, 5.74) is 6.71. The van der Waals surface area contributed by atoms with Gasteiger partial charge in [-0.05, 0) is 23.8 Å². The molecule has 2 aliphatic heterocycles. The lowest BCUT2D eigenvalue weighted by molar-refractivity contribution is -0.118. The highest BCUT2D eigenvalue weighted by Gasteiger charge is 2.41. The van der Waals surface area contributed by atoms with Crippen molar-refractivity contribution < 1.29 is 22.7 Å². The first-order valence-electron chi connectivity index (χ1n) is 7.80. The van der Waals surface area contributed by atoms with Gasteiger partial charge in [0.1, 0.15) is 19.3 Å². The summed E-state index contributed by atoms with van der Waals surface area (Å²) in [6.07, 6.45) is 0.259. The zero-order valence-corrected chi connectivity index (χ0v) is 14.0. The van der Waals surface area contributed by atoms with Crippen LogP contribution < -0.4 is 19.5 Å². The number of primary amides is 1. The van der Waals surface area contributed by atoms with Crippen molar-refractivity contribution in [3.05, 3.63) is 48.0 Å². The molecule has 1 atom stereocenters. The molecule has 0 fully saturated rings. The van der Waals surface area contributed by atoms with Gasteiger partial charge in [0.25, 0.3) is 10.0 Å². The zero-order valence-electron chi connectivity index (χ0n) is 13.2. The highest BCUT2D eigenvalue weighted by Crippen LogP contribution is 2.39. The van der Waals surface area contributed by atoms with E-state index in [1.54, 1.807) is 30.3 Å². The molecule has 2 aliphatic rings. The largest absolute Gasteiger partial charge is 0.486 e. The minimum Gasteiger partial charge on any atom is -0.486 e. The molecule has 130 valence electrons. The number of hydrogen-bond donors (Lipinski definition) is 1. The lowest BCUT2D eigenvalue weighted by Crippen LogP contribution is -2.46. The van der Waals surface area contributed by atoms with Crippen molar-refractivity contribution in [2.45, 2.75) is 17.4 Å². The minimum atomic E-state index is -3.98. The second-order valence-corrected chi connectivity index (χ2v) is 7.67. The molecular weight excluding hydrogens is 344 g/mol. The smallest absolute Gasteiger partial charge is 0.265 e. The zero-order chi connectivity index (χ0) is 17.6. The second kappa shape index (κ2) is 5.66. The van der Waals surface area contributed by atoms with E-state index in [9.17, 15) is 13.2 Å². The number of carbonyl (C=O) groups excluding carboxylic acids is 1. The number of sulfonamides is 1. The van der Waals surface area contributed by atoms with E-state index in [1.807, 2.05) is 0 Å². The molecule has 0 saturated carbocycles. The average molecular weight is 360 g/mol. The molecule has 0 spiro atoms. The quantitative estimate of drug-likeness (QED) is 0.882. The Morgan fingerprint density at radius 1 is 1.08 bits per heavy atom. The minimum absolute atomic E-state index is 0.0275. The topological polar surface area (TPSA) is 98.9 Å². The Hall–Kier alpha value is -2.74. The van der Waals surface area contributed by atoms with Gasteiger partial charge in [-0.2, -0.15) is 0 Å². The van der Waals surface area contributed by atoms with Gasteiger partial charge in [0.15, 0.2) is 11.5 Å². The van der Waals surface area contributed by atoms with Gasteiger partial charge in [0.2, 0.25) is 5.91 Å². The molecule has 0 bridgehead atoms. The number of hydrogen-bond acceptors (Lipinski definition) is 5. The van der Waals surface area contributed by atoms with Crippen molar-refractivity contribution in [3.8, 4) is 11.5 Å². The molecule has 0 aliphatic carbocycles. The molecule has 4 rings (SSSR count). The highest BCUT2D eigenvalue weighted by atomic mass is 32.2. The summed E-state index contributed by atoms with van der Waals surface area (Å²) in [4.78, 5) is 11.9. The van der Waals surface area contributed by atoms with Gasteiger partial charge in [0, 0.05) is 12.5 Å². The Kier molecular flexibility index (Phi) is 3.57. The standard InChI is InChI=1S/C17H16N2O5S/c18-17(20)14-9-11-3-1-2-4-13(11)19(14)25(21,22)12-5-6-15-16(10-12)24-8-7-23-15/h1-6,10,14H,7-9H2,(H2,18,20). The van der Waals surface area contributed by atoms with Crippen molar-refractivity contribution in [2.75, 3.05) is 17.5 Å². The molecule has 2 N–H and O–H groups in total. The van der Waals surface area contributed by atoms with Crippen molar-refractivity contribution in [1.29, 1.82) is 0 Å². The third kappa shape index (κ3) is 2.49. The molecule has 7 nitrogen and oxygen atoms in total. The number of amides is 1. The number of nitrogens with two attached hydrogens (primary N) is 1. The number of benzene rings is 2. The van der Waals surface area contributed by atoms with E-state index in [0.717, 1.165) is 9.87 Å². The molecule has 25 heavy (non-hydrogen) atoms. The lowest BCUT2D eigenvalue weighted by Gasteiger charge is -2.26. The number of nitrogens with zero attached hydrogens (tertiary/aromatic N) is 1. The summed E-state index contributed by atoms with van der Waals surface area (Å²) < 4.78 is 38.4. The molecule has 1 unspecified atom stereocenters. The molecule has 0 radical (unpaired) electrons. The maximum atomic E-state index is 13.2. The van der Waals surface area contributed by atoms with Crippen LogP contribution in [0.25, 0.3) is 0 Å². The summed E-state index contributed by atoms with van der Waals surface area (Å²) in [6, 6.07) is 10.5. The second-order valence-electron chi connectivity index (χ2n) is 5.86. The molecule has 8 heteroatoms. The number of carbonyl (C=O) groups is 1. The van der Waals surface area contributed by atoms with Gasteiger partial charge >= 0.3 is 0 Å². The van der Waals surface area contributed by atoms with Crippen LogP contribution >= 0.6 is 0 Å². The Morgan fingerprint density at radius 3 is 2.56 bits per heavy atom. The van der Waals surface area contributed by atoms with E-state index in [1.165, 1.54) is 12.1 Å². The molecule has 2 heterocycles. The Labute approximate surface area is 145 Å². The van der Waals surface area contributed by atoms with E-state index in [0.29, 0.717) is 30.4 Å². The first-order chi connectivity index (χ1) is 12.0. The van der Waals surface area contributed by atoms with Crippen LogP contribution in [0.3, 0.4) is 0 Å². The fraction of sp³-hybridized carbons (Fsp3) is 0.235. The lowest BCUT2D eigenvalue weighted by atomic mass is 10.1. The van der Waals surface area contributed by atoms with Crippen LogP contribution in [0.1, 0.15) is 5.56 Å². The maximum Gasteiger partial charge on any atom is 0.265 e. The molecule has 0 aromatic heterocycles. The van der Waals surface area contributed by atoms with E-state index in [2.05, 4.69) is 0 Å². The fourth-order valence-electron chi connectivity index (χ4n) is 3.17. The Morgan fingerprint density at radius 2 is 1.80 bits per heavy atom. The third-order valence-corrected chi connectivity index (χ3v) is 6.14. The molecule has 2 aromatic carbocycles. The van der Waals surface area contributed by atoms with Crippen molar-refractivity contribution in [2.24, 2.45) is 5.73 Å². The van der Waals surface area contributed by atoms with Crippen LogP contribution in [0.15, 0.2) is 47.4 Å². The molecule has 1 amide bonds. The predicted octanol–water partition coefficient (Wildman–Crippen LogP) is 1.06. The van der Waals surface area contributed by atoms with E-state index < -0.39 is 22.0 Å². The SMILES string of the molecule is NC(=O)C1Cc2ccccc2N1S(=O)(=O)c1ccc2c(c1)OCCO2. The van der Waals surface area contributed by atoms with Gasteiger partial charge in [-0.1, -0.05) is 18.2 Å². The number of para-hydroxylation sites is 1. The number of anilines is 1. The first kappa shape index (κ1) is 15.8. The monoisotopic (exact) mass is 360 g/mol. The number of ether oxygens (including phenoxy) is 2. The van der Waals surface area contributed by atoms with Crippen LogP contribution in [0.4, 0.5) is 5.69 Å². The van der Waals surface area contributed by atoms with Crippen molar-refractivity contribution in [1.82, 2.24) is 0 Å². The van der Waals surface area contributed by atoms with Crippen LogP contribution in [0, 0.1) is 0 Å². The average Bonchev–Trinajstić information content (AvgIpc) is 3.02. The van der Waals surface area contributed by atoms with Crippen LogP contribution in [0.5, 0.6) is 11.5 Å². The van der Waals surface area contributed by atoms with E-state index in [-0.39, 0.29) is 11.3 Å². The molecule has 0 saturated heterocycles. The first-order valence-corrected chi connectivity index (χ1v) is 9.24. The van der Waals surface area contributed by atoms with Gasteiger partial charge in [-0.3, -0.25) is 9.10 Å². The van der Waals surface area contributed by atoms with Gasteiger partial charge in [-0.15, -0.1) is 0 Å². The highest BCUT2D eigenvalue weighted by molar-refractivity contribution is 7.93. The Balaban J connectivity index is 1.82. The van der Waals surface area contributed by atoms with Gasteiger partial charge < -0.3 is 15.2 Å². The van der Waals surface area contributed by atoms with Crippen LogP contribution in [0.2, 0.25) is 0 Å². The molecular formula is C17H16N2O5S.